The molecule has 1 atom stereocenters. The number of anilines is 1. The van der Waals surface area contributed by atoms with E-state index in [0.717, 1.165) is 31.9 Å². The molecule has 0 saturated carbocycles. The zero-order chi connectivity index (χ0) is 14.5. The molecule has 1 aliphatic heterocycles. The molecule has 0 aliphatic carbocycles. The number of nitrogens with one attached hydrogen (secondary N) is 1. The lowest BCUT2D eigenvalue weighted by Gasteiger charge is -2.22. The van der Waals surface area contributed by atoms with Crippen LogP contribution in [0.25, 0.3) is 0 Å². The molecular weight excluding hydrogens is 270 g/mol. The maximum atomic E-state index is 13.4. The summed E-state index contributed by atoms with van der Waals surface area (Å²) in [6.45, 7) is 1.09. The molecule has 1 heterocycles. The van der Waals surface area contributed by atoms with Gasteiger partial charge in [-0.3, -0.25) is 10.1 Å². The summed E-state index contributed by atoms with van der Waals surface area (Å²) < 4.78 is 32.0. The molecule has 0 aromatic heterocycles. The van der Waals surface area contributed by atoms with Gasteiger partial charge in [-0.2, -0.15) is 4.39 Å². The van der Waals surface area contributed by atoms with Gasteiger partial charge in [0.25, 0.3) is 0 Å². The zero-order valence-corrected chi connectivity index (χ0v) is 10.9. The minimum Gasteiger partial charge on any atom is -0.379 e. The van der Waals surface area contributed by atoms with Crippen molar-refractivity contribution in [1.29, 1.82) is 0 Å². The topological polar surface area (TPSA) is 64.4 Å². The minimum atomic E-state index is -1.17. The molecule has 5 nitrogen and oxygen atoms in total. The summed E-state index contributed by atoms with van der Waals surface area (Å²) in [6.07, 6.45) is 3.84. The molecule has 1 N–H and O–H groups in total. The van der Waals surface area contributed by atoms with Gasteiger partial charge in [0.05, 0.1) is 11.0 Å². The van der Waals surface area contributed by atoms with Crippen molar-refractivity contribution in [2.75, 3.05) is 18.5 Å². The van der Waals surface area contributed by atoms with Gasteiger partial charge >= 0.3 is 5.69 Å². The molecule has 1 aliphatic rings. The van der Waals surface area contributed by atoms with E-state index in [0.29, 0.717) is 19.0 Å². The summed E-state index contributed by atoms with van der Waals surface area (Å²) in [5.41, 5.74) is -0.862. The molecule has 20 heavy (non-hydrogen) atoms. The average Bonchev–Trinajstić information content (AvgIpc) is 2.38. The first-order valence-electron chi connectivity index (χ1n) is 6.57. The molecule has 0 spiro atoms. The Balaban J connectivity index is 1.99. The number of ether oxygens (including phenoxy) is 1. The molecule has 7 heteroatoms. The Hall–Kier alpha value is -1.76. The highest BCUT2D eigenvalue weighted by Gasteiger charge is 2.22. The SMILES string of the molecule is O=[N+]([O-])c1c(F)cc(F)cc1NCCC1CCCCO1. The zero-order valence-electron chi connectivity index (χ0n) is 10.9. The van der Waals surface area contributed by atoms with Gasteiger partial charge in [-0.25, -0.2) is 4.39 Å². The second-order valence-corrected chi connectivity index (χ2v) is 4.74. The minimum absolute atomic E-state index is 0.105. The summed E-state index contributed by atoms with van der Waals surface area (Å²) in [6, 6.07) is 1.44. The van der Waals surface area contributed by atoms with Crippen LogP contribution in [-0.2, 0) is 4.74 Å². The Morgan fingerprint density at radius 2 is 2.20 bits per heavy atom. The van der Waals surface area contributed by atoms with E-state index in [2.05, 4.69) is 5.32 Å². The fourth-order valence-electron chi connectivity index (χ4n) is 2.29. The molecule has 0 radical (unpaired) electrons. The van der Waals surface area contributed by atoms with Crippen molar-refractivity contribution in [3.05, 3.63) is 33.9 Å². The van der Waals surface area contributed by atoms with Crippen molar-refractivity contribution >= 4 is 11.4 Å². The highest BCUT2D eigenvalue weighted by Crippen LogP contribution is 2.29. The Morgan fingerprint density at radius 1 is 1.40 bits per heavy atom. The lowest BCUT2D eigenvalue weighted by atomic mass is 10.1. The van der Waals surface area contributed by atoms with Gasteiger partial charge in [-0.1, -0.05) is 0 Å². The molecule has 1 aromatic rings. The van der Waals surface area contributed by atoms with Gasteiger partial charge in [0.2, 0.25) is 5.82 Å². The summed E-state index contributed by atoms with van der Waals surface area (Å²) in [4.78, 5) is 9.94. The van der Waals surface area contributed by atoms with Crippen molar-refractivity contribution in [3.8, 4) is 0 Å². The quantitative estimate of drug-likeness (QED) is 0.666. The number of halogens is 2. The van der Waals surface area contributed by atoms with Crippen molar-refractivity contribution in [1.82, 2.24) is 0 Å². The largest absolute Gasteiger partial charge is 0.379 e. The first kappa shape index (κ1) is 14.6. The molecule has 1 saturated heterocycles. The van der Waals surface area contributed by atoms with E-state index in [4.69, 9.17) is 4.74 Å². The molecule has 2 rings (SSSR count). The Kier molecular flexibility index (Phi) is 4.84. The number of benzene rings is 1. The number of nitro groups is 1. The maximum Gasteiger partial charge on any atom is 0.327 e. The monoisotopic (exact) mass is 286 g/mol. The molecule has 0 amide bonds. The van der Waals surface area contributed by atoms with Crippen LogP contribution in [0, 0.1) is 21.7 Å². The second kappa shape index (κ2) is 6.60. The number of nitrogens with zero attached hydrogens (tertiary/aromatic N) is 1. The summed E-state index contributed by atoms with van der Waals surface area (Å²) >= 11 is 0. The highest BCUT2D eigenvalue weighted by molar-refractivity contribution is 5.62. The maximum absolute atomic E-state index is 13.4. The number of rotatable bonds is 5. The van der Waals surface area contributed by atoms with Gasteiger partial charge in [-0.15, -0.1) is 0 Å². The van der Waals surface area contributed by atoms with Crippen LogP contribution >= 0.6 is 0 Å². The van der Waals surface area contributed by atoms with E-state index < -0.39 is 22.2 Å². The van der Waals surface area contributed by atoms with Crippen LogP contribution in [0.3, 0.4) is 0 Å². The smallest absolute Gasteiger partial charge is 0.327 e. The third-order valence-electron chi connectivity index (χ3n) is 3.27. The third-order valence-corrected chi connectivity index (χ3v) is 3.27. The van der Waals surface area contributed by atoms with Gasteiger partial charge in [-0.05, 0) is 25.7 Å². The highest BCUT2D eigenvalue weighted by atomic mass is 19.1. The van der Waals surface area contributed by atoms with E-state index in [1.165, 1.54) is 0 Å². The van der Waals surface area contributed by atoms with Gasteiger partial charge in [0.1, 0.15) is 11.5 Å². The fraction of sp³-hybridized carbons (Fsp3) is 0.538. The molecule has 1 unspecified atom stereocenters. The fourth-order valence-corrected chi connectivity index (χ4v) is 2.29. The lowest BCUT2D eigenvalue weighted by Crippen LogP contribution is -2.22. The molecule has 1 fully saturated rings. The summed E-state index contributed by atoms with van der Waals surface area (Å²) in [5, 5.41) is 13.5. The first-order valence-corrected chi connectivity index (χ1v) is 6.57. The van der Waals surface area contributed by atoms with E-state index in [-0.39, 0.29) is 11.8 Å². The number of hydrogen-bond acceptors (Lipinski definition) is 4. The van der Waals surface area contributed by atoms with Crippen LogP contribution in [0.2, 0.25) is 0 Å². The Labute approximate surface area is 115 Å². The second-order valence-electron chi connectivity index (χ2n) is 4.74. The number of nitro benzene ring substituents is 1. The van der Waals surface area contributed by atoms with E-state index in [1.807, 2.05) is 0 Å². The van der Waals surface area contributed by atoms with Crippen LogP contribution in [0.15, 0.2) is 12.1 Å². The van der Waals surface area contributed by atoms with Gasteiger partial charge < -0.3 is 10.1 Å². The van der Waals surface area contributed by atoms with E-state index in [1.54, 1.807) is 0 Å². The third kappa shape index (κ3) is 3.63. The Morgan fingerprint density at radius 3 is 2.85 bits per heavy atom. The first-order chi connectivity index (χ1) is 9.58. The summed E-state index contributed by atoms with van der Waals surface area (Å²) in [5.74, 6) is -2.02. The Bertz CT molecular complexity index is 491. The molecule has 110 valence electrons. The predicted molar refractivity (Wildman–Crippen MR) is 69.7 cm³/mol. The van der Waals surface area contributed by atoms with Crippen molar-refractivity contribution < 1.29 is 18.4 Å². The van der Waals surface area contributed by atoms with Crippen LogP contribution < -0.4 is 5.32 Å². The average molecular weight is 286 g/mol. The van der Waals surface area contributed by atoms with Crippen LogP contribution in [0.5, 0.6) is 0 Å². The van der Waals surface area contributed by atoms with Crippen molar-refractivity contribution in [2.45, 2.75) is 31.8 Å². The normalized spacial score (nSPS) is 18.8. The van der Waals surface area contributed by atoms with Crippen LogP contribution in [-0.4, -0.2) is 24.2 Å². The molecule has 1 aromatic carbocycles. The van der Waals surface area contributed by atoms with Crippen molar-refractivity contribution in [2.24, 2.45) is 0 Å². The van der Waals surface area contributed by atoms with Gasteiger partial charge in [0, 0.05) is 25.3 Å². The van der Waals surface area contributed by atoms with E-state index >= 15 is 0 Å². The molecule has 0 bridgehead atoms. The summed E-state index contributed by atoms with van der Waals surface area (Å²) in [7, 11) is 0. The standard InChI is InChI=1S/C13H16F2N2O3/c14-9-7-11(15)13(17(18)19)12(8-9)16-5-4-10-3-1-2-6-20-10/h7-8,10,16H,1-6H2. The van der Waals surface area contributed by atoms with Crippen molar-refractivity contribution in [3.63, 3.8) is 0 Å². The van der Waals surface area contributed by atoms with Crippen LogP contribution in [0.4, 0.5) is 20.2 Å². The van der Waals surface area contributed by atoms with Crippen LogP contribution in [0.1, 0.15) is 25.7 Å². The van der Waals surface area contributed by atoms with Gasteiger partial charge in [0.15, 0.2) is 0 Å². The van der Waals surface area contributed by atoms with E-state index in [9.17, 15) is 18.9 Å². The number of hydrogen-bond donors (Lipinski definition) is 1. The lowest BCUT2D eigenvalue weighted by molar-refractivity contribution is -0.386. The molecular formula is C13H16F2N2O3. The predicted octanol–water partition coefficient (Wildman–Crippen LogP) is 3.24.